The minimum Gasteiger partial charge on any atom is -0.348 e. The second kappa shape index (κ2) is 7.68. The third kappa shape index (κ3) is 4.87. The number of benzene rings is 2. The van der Waals surface area contributed by atoms with Crippen molar-refractivity contribution >= 4 is 17.5 Å². The van der Waals surface area contributed by atoms with Gasteiger partial charge in [-0.15, -0.1) is 0 Å². The summed E-state index contributed by atoms with van der Waals surface area (Å²) in [5.41, 5.74) is 1.29. The average Bonchev–Trinajstić information content (AvgIpc) is 2.52. The van der Waals surface area contributed by atoms with Crippen LogP contribution in [0.3, 0.4) is 0 Å². The van der Waals surface area contributed by atoms with Crippen LogP contribution in [0.5, 0.6) is 0 Å². The largest absolute Gasteiger partial charge is 0.348 e. The molecule has 0 fully saturated rings. The molecule has 2 amide bonds. The lowest BCUT2D eigenvalue weighted by molar-refractivity contribution is -0.118. The minimum absolute atomic E-state index is 0.0863. The molecule has 0 saturated carbocycles. The van der Waals surface area contributed by atoms with Gasteiger partial charge in [0.25, 0.3) is 5.91 Å². The van der Waals surface area contributed by atoms with Gasteiger partial charge in [-0.05, 0) is 29.8 Å². The molecule has 0 bridgehead atoms. The molecule has 2 aromatic rings. The van der Waals surface area contributed by atoms with E-state index in [1.165, 1.54) is 0 Å². The number of anilines is 1. The zero-order valence-electron chi connectivity index (χ0n) is 13.4. The van der Waals surface area contributed by atoms with Crippen LogP contribution in [0.1, 0.15) is 29.8 Å². The molecule has 0 aliphatic heterocycles. The number of hydrogen-bond donors (Lipinski definition) is 2. The van der Waals surface area contributed by atoms with Crippen LogP contribution < -0.4 is 10.6 Å². The highest BCUT2D eigenvalue weighted by atomic mass is 19.1. The van der Waals surface area contributed by atoms with Crippen molar-refractivity contribution in [1.29, 1.82) is 0 Å². The Kier molecular flexibility index (Phi) is 5.63. The van der Waals surface area contributed by atoms with Crippen LogP contribution in [0.25, 0.3) is 0 Å². The van der Waals surface area contributed by atoms with E-state index in [-0.39, 0.29) is 23.9 Å². The highest BCUT2D eigenvalue weighted by molar-refractivity contribution is 5.94. The molecule has 2 N–H and O–H groups in total. The molecule has 0 aliphatic rings. The smallest absolute Gasteiger partial charge is 0.251 e. The summed E-state index contributed by atoms with van der Waals surface area (Å²) >= 11 is 0. The van der Waals surface area contributed by atoms with E-state index in [1.54, 1.807) is 38.1 Å². The van der Waals surface area contributed by atoms with Gasteiger partial charge in [-0.1, -0.05) is 26.0 Å². The first kappa shape index (κ1) is 17.6. The van der Waals surface area contributed by atoms with E-state index in [4.69, 9.17) is 0 Å². The Morgan fingerprint density at radius 3 is 2.33 bits per heavy atom. The van der Waals surface area contributed by atoms with Crippen molar-refractivity contribution in [2.45, 2.75) is 20.4 Å². The number of hydrogen-bond acceptors (Lipinski definition) is 2. The highest BCUT2D eigenvalue weighted by Gasteiger charge is 2.10. The number of carbonyl (C=O) groups is 2. The van der Waals surface area contributed by atoms with E-state index in [9.17, 15) is 18.4 Å². The Bertz CT molecular complexity index is 740. The Balaban J connectivity index is 2.01. The molecular formula is C18H18F2N2O2. The average molecular weight is 332 g/mol. The summed E-state index contributed by atoms with van der Waals surface area (Å²) in [5, 5.41) is 5.35. The summed E-state index contributed by atoms with van der Waals surface area (Å²) in [6.07, 6.45) is 0. The van der Waals surface area contributed by atoms with E-state index in [1.807, 2.05) is 0 Å². The molecule has 0 radical (unpaired) electrons. The summed E-state index contributed by atoms with van der Waals surface area (Å²) in [7, 11) is 0. The fourth-order valence-corrected chi connectivity index (χ4v) is 2.01. The molecule has 2 aromatic carbocycles. The number of amides is 2. The van der Waals surface area contributed by atoms with Crippen molar-refractivity contribution in [3.63, 3.8) is 0 Å². The molecule has 4 nitrogen and oxygen atoms in total. The summed E-state index contributed by atoms with van der Waals surface area (Å²) in [4.78, 5) is 23.6. The molecule has 6 heteroatoms. The third-order valence-corrected chi connectivity index (χ3v) is 3.30. The van der Waals surface area contributed by atoms with Gasteiger partial charge < -0.3 is 10.6 Å². The SMILES string of the molecule is CC(C)C(=O)Nc1cccc(CNC(=O)c2cc(F)cc(F)c2)c1. The van der Waals surface area contributed by atoms with Crippen LogP contribution in [-0.4, -0.2) is 11.8 Å². The van der Waals surface area contributed by atoms with Crippen LogP contribution in [0.2, 0.25) is 0 Å². The zero-order chi connectivity index (χ0) is 17.7. The van der Waals surface area contributed by atoms with Crippen LogP contribution >= 0.6 is 0 Å². The molecule has 0 atom stereocenters. The van der Waals surface area contributed by atoms with Gasteiger partial charge in [0, 0.05) is 29.8 Å². The maximum absolute atomic E-state index is 13.1. The quantitative estimate of drug-likeness (QED) is 0.880. The molecular weight excluding hydrogens is 314 g/mol. The first-order valence-corrected chi connectivity index (χ1v) is 7.49. The van der Waals surface area contributed by atoms with Gasteiger partial charge in [0.05, 0.1) is 0 Å². The van der Waals surface area contributed by atoms with Gasteiger partial charge in [0.1, 0.15) is 11.6 Å². The lowest BCUT2D eigenvalue weighted by Gasteiger charge is -2.10. The number of carbonyl (C=O) groups excluding carboxylic acids is 2. The first-order valence-electron chi connectivity index (χ1n) is 7.49. The second-order valence-electron chi connectivity index (χ2n) is 5.69. The number of halogens is 2. The molecule has 24 heavy (non-hydrogen) atoms. The van der Waals surface area contributed by atoms with Crippen LogP contribution in [0.4, 0.5) is 14.5 Å². The minimum atomic E-state index is -0.807. The van der Waals surface area contributed by atoms with Crippen molar-refractivity contribution in [3.05, 3.63) is 65.2 Å². The van der Waals surface area contributed by atoms with Crippen molar-refractivity contribution < 1.29 is 18.4 Å². The topological polar surface area (TPSA) is 58.2 Å². The third-order valence-electron chi connectivity index (χ3n) is 3.30. The fourth-order valence-electron chi connectivity index (χ4n) is 2.01. The van der Waals surface area contributed by atoms with E-state index in [0.29, 0.717) is 11.8 Å². The Morgan fingerprint density at radius 2 is 1.71 bits per heavy atom. The van der Waals surface area contributed by atoms with Crippen molar-refractivity contribution in [2.75, 3.05) is 5.32 Å². The van der Waals surface area contributed by atoms with Gasteiger partial charge in [-0.3, -0.25) is 9.59 Å². The molecule has 0 heterocycles. The van der Waals surface area contributed by atoms with Gasteiger partial charge in [-0.2, -0.15) is 0 Å². The lowest BCUT2D eigenvalue weighted by atomic mass is 10.1. The predicted octanol–water partition coefficient (Wildman–Crippen LogP) is 3.49. The van der Waals surface area contributed by atoms with Crippen LogP contribution in [0.15, 0.2) is 42.5 Å². The van der Waals surface area contributed by atoms with E-state index >= 15 is 0 Å². The maximum Gasteiger partial charge on any atom is 0.251 e. The zero-order valence-corrected chi connectivity index (χ0v) is 13.4. The molecule has 0 unspecified atom stereocenters. The normalized spacial score (nSPS) is 10.5. The van der Waals surface area contributed by atoms with E-state index in [2.05, 4.69) is 10.6 Å². The van der Waals surface area contributed by atoms with Gasteiger partial charge in [-0.25, -0.2) is 8.78 Å². The Hall–Kier alpha value is -2.76. The monoisotopic (exact) mass is 332 g/mol. The van der Waals surface area contributed by atoms with E-state index < -0.39 is 17.5 Å². The molecule has 0 saturated heterocycles. The van der Waals surface area contributed by atoms with E-state index in [0.717, 1.165) is 17.7 Å². The predicted molar refractivity (Wildman–Crippen MR) is 87.4 cm³/mol. The number of nitrogens with one attached hydrogen (secondary N) is 2. The summed E-state index contributed by atoms with van der Waals surface area (Å²) in [6, 6.07) is 9.64. The van der Waals surface area contributed by atoms with Gasteiger partial charge in [0.2, 0.25) is 5.91 Å². The lowest BCUT2D eigenvalue weighted by Crippen LogP contribution is -2.23. The summed E-state index contributed by atoms with van der Waals surface area (Å²) in [5.74, 6) is -2.44. The highest BCUT2D eigenvalue weighted by Crippen LogP contribution is 2.13. The Morgan fingerprint density at radius 1 is 1.04 bits per heavy atom. The maximum atomic E-state index is 13.1. The van der Waals surface area contributed by atoms with Crippen molar-refractivity contribution in [3.8, 4) is 0 Å². The fraction of sp³-hybridized carbons (Fsp3) is 0.222. The summed E-state index contributed by atoms with van der Waals surface area (Å²) in [6.45, 7) is 3.75. The van der Waals surface area contributed by atoms with Gasteiger partial charge >= 0.3 is 0 Å². The molecule has 0 aromatic heterocycles. The molecule has 0 spiro atoms. The Labute approximate surface area is 138 Å². The van der Waals surface area contributed by atoms with Crippen LogP contribution in [-0.2, 0) is 11.3 Å². The molecule has 126 valence electrons. The summed E-state index contributed by atoms with van der Waals surface area (Å²) < 4.78 is 26.3. The van der Waals surface area contributed by atoms with Crippen molar-refractivity contribution in [1.82, 2.24) is 5.32 Å². The number of rotatable bonds is 5. The molecule has 2 rings (SSSR count). The van der Waals surface area contributed by atoms with Crippen LogP contribution in [0, 0.1) is 17.6 Å². The van der Waals surface area contributed by atoms with Crippen molar-refractivity contribution in [2.24, 2.45) is 5.92 Å². The standard InChI is InChI=1S/C18H18F2N2O2/c1-11(2)17(23)22-16-5-3-4-12(6-16)10-21-18(24)13-7-14(19)9-15(20)8-13/h3-9,11H,10H2,1-2H3,(H,21,24)(H,22,23). The van der Waals surface area contributed by atoms with Gasteiger partial charge in [0.15, 0.2) is 0 Å². The first-order chi connectivity index (χ1) is 11.3. The molecule has 0 aliphatic carbocycles. The second-order valence-corrected chi connectivity index (χ2v) is 5.69.